The lowest BCUT2D eigenvalue weighted by Crippen LogP contribution is -2.44. The van der Waals surface area contributed by atoms with Gasteiger partial charge < -0.3 is 20.1 Å². The van der Waals surface area contributed by atoms with Gasteiger partial charge in [0.05, 0.1) is 28.2 Å². The third-order valence-corrected chi connectivity index (χ3v) is 9.29. The van der Waals surface area contributed by atoms with Crippen LogP contribution in [0.15, 0.2) is 84.0 Å². The highest BCUT2D eigenvalue weighted by atomic mass is 35.5. The third-order valence-electron chi connectivity index (χ3n) is 7.42. The van der Waals surface area contributed by atoms with E-state index < -0.39 is 16.1 Å². The summed E-state index contributed by atoms with van der Waals surface area (Å²) in [5, 5.41) is 22.3. The van der Waals surface area contributed by atoms with Crippen molar-refractivity contribution in [1.82, 2.24) is 25.1 Å². The van der Waals surface area contributed by atoms with E-state index in [1.165, 1.54) is 23.2 Å². The Morgan fingerprint density at radius 3 is 2.71 bits per heavy atom. The average Bonchev–Trinajstić information content (AvgIpc) is 3.03. The van der Waals surface area contributed by atoms with Crippen molar-refractivity contribution in [2.24, 2.45) is 0 Å². The summed E-state index contributed by atoms with van der Waals surface area (Å²) in [4.78, 5) is 21.8. The summed E-state index contributed by atoms with van der Waals surface area (Å²) in [5.74, 6) is 1.01. The van der Waals surface area contributed by atoms with E-state index in [0.717, 1.165) is 18.4 Å². The van der Waals surface area contributed by atoms with Gasteiger partial charge >= 0.3 is 6.09 Å². The van der Waals surface area contributed by atoms with Gasteiger partial charge in [0.2, 0.25) is 11.8 Å². The number of likely N-dealkylation sites (tertiary alicyclic amines) is 1. The quantitative estimate of drug-likeness (QED) is 0.177. The fourth-order valence-corrected chi connectivity index (χ4v) is 6.84. The van der Waals surface area contributed by atoms with E-state index >= 15 is 0 Å². The zero-order valence-corrected chi connectivity index (χ0v) is 25.6. The van der Waals surface area contributed by atoms with Crippen molar-refractivity contribution in [1.29, 1.82) is 0 Å². The number of sulfonamides is 1. The second-order valence-corrected chi connectivity index (χ2v) is 12.5. The highest BCUT2D eigenvalue weighted by molar-refractivity contribution is 7.92. The number of anilines is 2. The number of carbonyl (C=O) groups is 1. The van der Waals surface area contributed by atoms with Crippen molar-refractivity contribution in [2.75, 3.05) is 23.1 Å². The highest BCUT2D eigenvalue weighted by Gasteiger charge is 2.24. The smallest absolute Gasteiger partial charge is 0.407 e. The number of benzene rings is 3. The Balaban J connectivity index is 1.31. The summed E-state index contributed by atoms with van der Waals surface area (Å²) >= 11 is 6.18. The summed E-state index contributed by atoms with van der Waals surface area (Å²) in [5.41, 5.74) is 2.22. The first kappa shape index (κ1) is 30.0. The molecule has 0 spiro atoms. The van der Waals surface area contributed by atoms with Gasteiger partial charge in [0.15, 0.2) is 0 Å². The van der Waals surface area contributed by atoms with Crippen LogP contribution >= 0.6 is 11.6 Å². The number of halogens is 1. The van der Waals surface area contributed by atoms with Crippen LogP contribution in [0.2, 0.25) is 5.02 Å². The van der Waals surface area contributed by atoms with Crippen LogP contribution in [0.4, 0.5) is 16.4 Å². The molecule has 45 heavy (non-hydrogen) atoms. The molecule has 2 aromatic heterocycles. The van der Waals surface area contributed by atoms with Gasteiger partial charge in [0.1, 0.15) is 10.6 Å². The molecule has 1 fully saturated rings. The Hall–Kier alpha value is -5.01. The van der Waals surface area contributed by atoms with Crippen LogP contribution < -0.4 is 14.8 Å². The molecular weight excluding hydrogens is 618 g/mol. The van der Waals surface area contributed by atoms with Crippen LogP contribution in [0, 0.1) is 6.92 Å². The number of nitrogens with zero attached hydrogens (tertiary/aromatic N) is 5. The van der Waals surface area contributed by atoms with Crippen LogP contribution in [0.1, 0.15) is 18.4 Å². The molecule has 0 unspecified atom stereocenters. The fourth-order valence-electron chi connectivity index (χ4n) is 5.24. The molecule has 230 valence electrons. The van der Waals surface area contributed by atoms with Crippen LogP contribution in [0.5, 0.6) is 11.6 Å². The van der Waals surface area contributed by atoms with E-state index in [0.29, 0.717) is 52.5 Å². The van der Waals surface area contributed by atoms with Crippen LogP contribution in [-0.2, 0) is 10.0 Å². The zero-order chi connectivity index (χ0) is 31.6. The van der Waals surface area contributed by atoms with Gasteiger partial charge in [-0.2, -0.15) is 5.10 Å². The lowest BCUT2D eigenvalue weighted by Gasteiger charge is -2.31. The molecular formula is C31H28ClN7O5S. The normalized spacial score (nSPS) is 15.1. The summed E-state index contributed by atoms with van der Waals surface area (Å²) in [7, 11) is -3.98. The molecule has 6 rings (SSSR count). The minimum atomic E-state index is -3.98. The summed E-state index contributed by atoms with van der Waals surface area (Å²) in [6.45, 7) is 2.72. The maximum Gasteiger partial charge on any atom is 0.407 e. The van der Waals surface area contributed by atoms with Gasteiger partial charge in [-0.1, -0.05) is 48.0 Å². The van der Waals surface area contributed by atoms with E-state index in [-0.39, 0.29) is 21.8 Å². The van der Waals surface area contributed by atoms with Crippen molar-refractivity contribution in [2.45, 2.75) is 30.7 Å². The molecule has 1 aliphatic heterocycles. The number of piperidine rings is 1. The van der Waals surface area contributed by atoms with Crippen molar-refractivity contribution in [3.8, 4) is 22.9 Å². The second-order valence-electron chi connectivity index (χ2n) is 10.5. The lowest BCUT2D eigenvalue weighted by atomic mass is 10.0. The number of nitrogens with one attached hydrogen (secondary N) is 2. The molecule has 1 saturated heterocycles. The van der Waals surface area contributed by atoms with E-state index in [9.17, 15) is 18.3 Å². The average molecular weight is 646 g/mol. The standard InChI is InChI=1S/C31H28ClN7O5S/c1-19-11-12-21-22(7-4-9-26(21)38-45(42,43)27-10-3-2-8-24(27)32)28(19)44-29-23(13-16-34-37-29)25-14-15-33-30(36-25)35-20-6-5-17-39(18-20)31(40)41/h2-4,7-16,20,38H,5-6,17-18H2,1H3,(H,40,41)(H,33,35,36)/t20-/m0/s1. The van der Waals surface area contributed by atoms with Crippen molar-refractivity contribution in [3.63, 3.8) is 0 Å². The lowest BCUT2D eigenvalue weighted by molar-refractivity contribution is 0.132. The summed E-state index contributed by atoms with van der Waals surface area (Å²) in [6, 6.07) is 18.4. The molecule has 3 heterocycles. The van der Waals surface area contributed by atoms with Gasteiger partial charge in [-0.25, -0.2) is 23.2 Å². The van der Waals surface area contributed by atoms with Gasteiger partial charge in [-0.3, -0.25) is 4.72 Å². The number of carboxylic acid groups (broad SMARTS) is 1. The molecule has 1 amide bonds. The number of ether oxygens (including phenoxy) is 1. The molecule has 0 bridgehead atoms. The molecule has 5 aromatic rings. The Labute approximate surface area is 264 Å². The zero-order valence-electron chi connectivity index (χ0n) is 24.0. The Kier molecular flexibility index (Phi) is 8.37. The number of aromatic nitrogens is 4. The largest absolute Gasteiger partial charge is 0.465 e. The second kappa shape index (κ2) is 12.5. The van der Waals surface area contributed by atoms with E-state index in [2.05, 4.69) is 30.2 Å². The molecule has 1 atom stereocenters. The van der Waals surface area contributed by atoms with Gasteiger partial charge in [0, 0.05) is 36.1 Å². The first-order valence-electron chi connectivity index (χ1n) is 14.1. The number of aryl methyl sites for hydroxylation is 1. The maximum absolute atomic E-state index is 13.2. The highest BCUT2D eigenvalue weighted by Crippen LogP contribution is 2.39. The number of amides is 1. The fraction of sp³-hybridized carbons (Fsp3) is 0.194. The third kappa shape index (κ3) is 6.44. The Morgan fingerprint density at radius 2 is 1.89 bits per heavy atom. The number of hydrogen-bond acceptors (Lipinski definition) is 9. The topological polar surface area (TPSA) is 160 Å². The monoisotopic (exact) mass is 645 g/mol. The molecule has 3 aromatic carbocycles. The van der Waals surface area contributed by atoms with Crippen LogP contribution in [0.25, 0.3) is 22.0 Å². The number of fused-ring (bicyclic) bond motifs is 1. The van der Waals surface area contributed by atoms with Crippen molar-refractivity contribution in [3.05, 3.63) is 89.7 Å². The Morgan fingerprint density at radius 1 is 1.04 bits per heavy atom. The predicted molar refractivity (Wildman–Crippen MR) is 170 cm³/mol. The van der Waals surface area contributed by atoms with E-state index in [4.69, 9.17) is 16.3 Å². The predicted octanol–water partition coefficient (Wildman–Crippen LogP) is 6.20. The molecule has 0 aliphatic carbocycles. The van der Waals surface area contributed by atoms with Gasteiger partial charge in [-0.15, -0.1) is 5.10 Å². The van der Waals surface area contributed by atoms with Crippen LogP contribution in [-0.4, -0.2) is 63.8 Å². The molecule has 1 aliphatic rings. The number of hydrogen-bond donors (Lipinski definition) is 3. The Bertz CT molecular complexity index is 2010. The summed E-state index contributed by atoms with van der Waals surface area (Å²) in [6.07, 6.45) is 3.71. The first-order valence-corrected chi connectivity index (χ1v) is 15.9. The number of rotatable bonds is 8. The van der Waals surface area contributed by atoms with Crippen molar-refractivity contribution < 1.29 is 23.1 Å². The van der Waals surface area contributed by atoms with Crippen molar-refractivity contribution >= 4 is 50.1 Å². The first-order chi connectivity index (χ1) is 21.7. The molecule has 14 heteroatoms. The maximum atomic E-state index is 13.2. The molecule has 12 nitrogen and oxygen atoms in total. The van der Waals surface area contributed by atoms with Gasteiger partial charge in [0.25, 0.3) is 10.0 Å². The molecule has 0 radical (unpaired) electrons. The van der Waals surface area contributed by atoms with Crippen LogP contribution in [0.3, 0.4) is 0 Å². The molecule has 0 saturated carbocycles. The SMILES string of the molecule is Cc1ccc2c(NS(=O)(=O)c3ccccc3Cl)cccc2c1Oc1nnccc1-c1ccnc(N[C@H]2CCCN(C(=O)O)C2)n1. The van der Waals surface area contributed by atoms with E-state index in [1.54, 1.807) is 42.6 Å². The van der Waals surface area contributed by atoms with E-state index in [1.807, 2.05) is 25.1 Å². The minimum Gasteiger partial charge on any atom is -0.465 e. The van der Waals surface area contributed by atoms with Gasteiger partial charge in [-0.05, 0) is 55.7 Å². The summed E-state index contributed by atoms with van der Waals surface area (Å²) < 4.78 is 35.5. The molecule has 3 N–H and O–H groups in total. The minimum absolute atomic E-state index is 0.0298.